The van der Waals surface area contributed by atoms with Crippen molar-refractivity contribution < 1.29 is 0 Å². The number of fused-ring (bicyclic) bond motifs is 3. The minimum absolute atomic E-state index is 1.06. The Kier molecular flexibility index (Phi) is 0.397. The summed E-state index contributed by atoms with van der Waals surface area (Å²) in [5, 5.41) is 0. The third-order valence-corrected chi connectivity index (χ3v) is 4.97. The lowest BCUT2D eigenvalue weighted by atomic mass is 9.40. The lowest BCUT2D eigenvalue weighted by molar-refractivity contribution is 0.0396. The number of hydrogen-bond acceptors (Lipinski definition) is 0. The second kappa shape index (κ2) is 0.972. The van der Waals surface area contributed by atoms with Crippen LogP contribution in [0.4, 0.5) is 0 Å². The molecule has 54 valence electrons. The molecule has 4 atom stereocenters. The van der Waals surface area contributed by atoms with Crippen molar-refractivity contribution in [1.82, 2.24) is 0 Å². The molecule has 5 rings (SSSR count). The van der Waals surface area contributed by atoms with Crippen molar-refractivity contribution in [3.63, 3.8) is 0 Å². The van der Waals surface area contributed by atoms with Crippen molar-refractivity contribution >= 4 is 0 Å². The van der Waals surface area contributed by atoms with Crippen molar-refractivity contribution in [2.24, 2.45) is 23.7 Å². The molecular weight excluding hydrogens is 132 g/mol. The fraction of sp³-hybridized carbons (Fsp3) is 0.636. The van der Waals surface area contributed by atoms with Gasteiger partial charge in [-0.25, -0.2) is 0 Å². The molecule has 4 unspecified atom stereocenters. The molecule has 0 nitrogen and oxygen atoms in total. The van der Waals surface area contributed by atoms with Gasteiger partial charge in [0, 0.05) is 5.92 Å². The van der Waals surface area contributed by atoms with E-state index in [1.54, 1.807) is 0 Å². The zero-order valence-corrected chi connectivity index (χ0v) is 6.43. The van der Waals surface area contributed by atoms with E-state index in [4.69, 9.17) is 0 Å². The zero-order valence-electron chi connectivity index (χ0n) is 6.43. The molecule has 0 saturated heterocycles. The van der Waals surface area contributed by atoms with E-state index in [0.717, 1.165) is 17.8 Å². The Morgan fingerprint density at radius 2 is 1.91 bits per heavy atom. The van der Waals surface area contributed by atoms with Gasteiger partial charge in [0.2, 0.25) is 0 Å². The molecule has 0 aliphatic heterocycles. The zero-order chi connectivity index (χ0) is 6.74. The molecular formula is C11H10. The Hall–Kier alpha value is -0.520. The highest BCUT2D eigenvalue weighted by molar-refractivity contribution is 5.69. The predicted octanol–water partition coefficient (Wildman–Crippen LogP) is 2.28. The Balaban J connectivity index is 1.99. The number of hydrogen-bond donors (Lipinski definition) is 0. The maximum absolute atomic E-state index is 1.94. The monoisotopic (exact) mass is 142 g/mol. The van der Waals surface area contributed by atoms with Crippen molar-refractivity contribution in [2.45, 2.75) is 19.3 Å². The molecule has 0 aromatic rings. The quantitative estimate of drug-likeness (QED) is 0.486. The molecule has 0 spiro atoms. The van der Waals surface area contributed by atoms with Crippen molar-refractivity contribution in [3.05, 3.63) is 22.3 Å². The molecule has 5 aliphatic rings. The largest absolute Gasteiger partial charge is 0.0558 e. The van der Waals surface area contributed by atoms with Crippen LogP contribution in [0.2, 0.25) is 0 Å². The maximum atomic E-state index is 1.94. The lowest BCUT2D eigenvalue weighted by Crippen LogP contribution is -2.56. The first-order chi connectivity index (χ1) is 5.47. The smallest absolute Gasteiger partial charge is 0.00646 e. The molecule has 5 aliphatic carbocycles. The van der Waals surface area contributed by atoms with Crippen LogP contribution in [0.3, 0.4) is 0 Å². The Morgan fingerprint density at radius 1 is 1.00 bits per heavy atom. The molecule has 2 fully saturated rings. The molecule has 0 amide bonds. The topological polar surface area (TPSA) is 0 Å². The van der Waals surface area contributed by atoms with E-state index < -0.39 is 0 Å². The van der Waals surface area contributed by atoms with Gasteiger partial charge in [0.15, 0.2) is 0 Å². The van der Waals surface area contributed by atoms with Gasteiger partial charge in [0.05, 0.1) is 0 Å². The molecule has 2 saturated carbocycles. The van der Waals surface area contributed by atoms with Gasteiger partial charge in [-0.1, -0.05) is 11.1 Å². The fourth-order valence-corrected chi connectivity index (χ4v) is 4.66. The van der Waals surface area contributed by atoms with Crippen LogP contribution >= 0.6 is 0 Å². The van der Waals surface area contributed by atoms with E-state index in [1.165, 1.54) is 25.2 Å². The Labute approximate surface area is 66.0 Å². The first-order valence-corrected chi connectivity index (χ1v) is 4.93. The van der Waals surface area contributed by atoms with Crippen molar-refractivity contribution in [3.8, 4) is 0 Å². The minimum Gasteiger partial charge on any atom is -0.0558 e. The summed E-state index contributed by atoms with van der Waals surface area (Å²) in [4.78, 5) is 0. The molecule has 0 aromatic heterocycles. The fourth-order valence-electron chi connectivity index (χ4n) is 4.66. The maximum Gasteiger partial charge on any atom is 0.00646 e. The van der Waals surface area contributed by atoms with Gasteiger partial charge >= 0.3 is 0 Å². The molecule has 0 N–H and O–H groups in total. The van der Waals surface area contributed by atoms with E-state index in [1.807, 2.05) is 22.3 Å². The van der Waals surface area contributed by atoms with Crippen LogP contribution in [0, 0.1) is 23.7 Å². The summed E-state index contributed by atoms with van der Waals surface area (Å²) in [5.41, 5.74) is 7.58. The third-order valence-electron chi connectivity index (χ3n) is 4.97. The van der Waals surface area contributed by atoms with E-state index in [0.29, 0.717) is 0 Å². The number of allylic oxidation sites excluding steroid dienone is 4. The van der Waals surface area contributed by atoms with E-state index in [2.05, 4.69) is 0 Å². The summed E-state index contributed by atoms with van der Waals surface area (Å²) in [7, 11) is 0. The van der Waals surface area contributed by atoms with Crippen LogP contribution in [-0.2, 0) is 0 Å². The second-order valence-electron chi connectivity index (χ2n) is 4.88. The molecule has 0 heteroatoms. The van der Waals surface area contributed by atoms with Gasteiger partial charge in [-0.05, 0) is 48.2 Å². The molecule has 0 aromatic carbocycles. The summed E-state index contributed by atoms with van der Waals surface area (Å²) in [5.74, 6) is 4.44. The lowest BCUT2D eigenvalue weighted by Gasteiger charge is -2.63. The van der Waals surface area contributed by atoms with Gasteiger partial charge in [0.25, 0.3) is 0 Å². The summed E-state index contributed by atoms with van der Waals surface area (Å²) < 4.78 is 0. The van der Waals surface area contributed by atoms with Crippen LogP contribution in [0.5, 0.6) is 0 Å². The van der Waals surface area contributed by atoms with E-state index in [9.17, 15) is 0 Å². The average molecular weight is 142 g/mol. The first-order valence-electron chi connectivity index (χ1n) is 4.93. The Bertz CT molecular complexity index is 369. The third kappa shape index (κ3) is 0.226. The summed E-state index contributed by atoms with van der Waals surface area (Å²) in [6.45, 7) is 0. The van der Waals surface area contributed by atoms with Gasteiger partial charge in [-0.3, -0.25) is 0 Å². The summed E-state index contributed by atoms with van der Waals surface area (Å²) >= 11 is 0. The molecule has 11 heavy (non-hydrogen) atoms. The molecule has 0 heterocycles. The second-order valence-corrected chi connectivity index (χ2v) is 4.88. The van der Waals surface area contributed by atoms with Crippen molar-refractivity contribution in [2.75, 3.05) is 0 Å². The van der Waals surface area contributed by atoms with Gasteiger partial charge < -0.3 is 0 Å². The average Bonchev–Trinajstić information content (AvgIpc) is 2.16. The van der Waals surface area contributed by atoms with Crippen LogP contribution in [0.1, 0.15) is 19.3 Å². The highest BCUT2D eigenvalue weighted by Gasteiger charge is 2.70. The van der Waals surface area contributed by atoms with Crippen LogP contribution in [0.25, 0.3) is 0 Å². The van der Waals surface area contributed by atoms with Gasteiger partial charge in [0.1, 0.15) is 0 Å². The van der Waals surface area contributed by atoms with Crippen LogP contribution in [-0.4, -0.2) is 0 Å². The van der Waals surface area contributed by atoms with E-state index in [-0.39, 0.29) is 0 Å². The first kappa shape index (κ1) is 4.49. The van der Waals surface area contributed by atoms with Crippen molar-refractivity contribution in [1.29, 1.82) is 0 Å². The summed E-state index contributed by atoms with van der Waals surface area (Å²) in [6, 6.07) is 0. The Morgan fingerprint density at radius 3 is 2.91 bits per heavy atom. The highest BCUT2D eigenvalue weighted by Crippen LogP contribution is 2.80. The number of rotatable bonds is 0. The predicted molar refractivity (Wildman–Crippen MR) is 41.9 cm³/mol. The van der Waals surface area contributed by atoms with E-state index >= 15 is 0 Å². The minimum atomic E-state index is 1.06. The van der Waals surface area contributed by atoms with Gasteiger partial charge in [-0.15, -0.1) is 0 Å². The SMILES string of the molecule is C1CC2C3=C1C1=C4C(C1)C2C34. The van der Waals surface area contributed by atoms with Crippen LogP contribution in [0.15, 0.2) is 22.3 Å². The van der Waals surface area contributed by atoms with Crippen LogP contribution < -0.4 is 0 Å². The molecule has 0 radical (unpaired) electrons. The van der Waals surface area contributed by atoms with Gasteiger partial charge in [-0.2, -0.15) is 0 Å². The molecule has 0 bridgehead atoms. The summed E-state index contributed by atoms with van der Waals surface area (Å²) in [6.07, 6.45) is 4.48. The standard InChI is InChI=1S/C11H10/c1-2-5-8-4(1)6-3-7-9(5)11(8)10(6)7/h5,7,9,11H,1-3H2. The highest BCUT2D eigenvalue weighted by atomic mass is 14.7. The normalized spacial score (nSPS) is 58.9.